The van der Waals surface area contributed by atoms with Crippen LogP contribution in [0.2, 0.25) is 0 Å². The molecule has 0 spiro atoms. The maximum Gasteiger partial charge on any atom is 0.0947 e. The van der Waals surface area contributed by atoms with E-state index in [0.29, 0.717) is 0 Å². The number of nitriles is 1. The van der Waals surface area contributed by atoms with Gasteiger partial charge in [0.25, 0.3) is 0 Å². The molecule has 2 aliphatic rings. The molecule has 0 aromatic heterocycles. The van der Waals surface area contributed by atoms with Gasteiger partial charge in [-0.05, 0) is 18.9 Å². The van der Waals surface area contributed by atoms with Crippen LogP contribution >= 0.6 is 0 Å². The molecular weight excluding hydrogens is 174 g/mol. The lowest BCUT2D eigenvalue weighted by molar-refractivity contribution is 0.305. The minimum absolute atomic E-state index is 0.909. The van der Waals surface area contributed by atoms with E-state index in [2.05, 4.69) is 22.4 Å². The molecule has 0 atom stereocenters. The van der Waals surface area contributed by atoms with Crippen LogP contribution in [0.15, 0.2) is 23.4 Å². The molecule has 74 valence electrons. The SMILES string of the molecule is N#CC1=CC(N2CCNCC2)=CCC1. The summed E-state index contributed by atoms with van der Waals surface area (Å²) >= 11 is 0. The Kier molecular flexibility index (Phi) is 2.85. The molecule has 14 heavy (non-hydrogen) atoms. The maximum absolute atomic E-state index is 8.83. The lowest BCUT2D eigenvalue weighted by Gasteiger charge is -2.31. The van der Waals surface area contributed by atoms with Crippen molar-refractivity contribution < 1.29 is 0 Å². The Balaban J connectivity index is 2.07. The van der Waals surface area contributed by atoms with Crippen molar-refractivity contribution in [2.75, 3.05) is 26.2 Å². The third-order valence-electron chi connectivity index (χ3n) is 2.72. The van der Waals surface area contributed by atoms with E-state index in [9.17, 15) is 0 Å². The van der Waals surface area contributed by atoms with Gasteiger partial charge < -0.3 is 10.2 Å². The monoisotopic (exact) mass is 189 g/mol. The van der Waals surface area contributed by atoms with E-state index in [1.807, 2.05) is 6.08 Å². The summed E-state index contributed by atoms with van der Waals surface area (Å²) < 4.78 is 0. The van der Waals surface area contributed by atoms with Crippen LogP contribution in [-0.4, -0.2) is 31.1 Å². The molecule has 2 rings (SSSR count). The molecule has 0 aromatic rings. The molecule has 1 fully saturated rings. The summed E-state index contributed by atoms with van der Waals surface area (Å²) in [5.74, 6) is 0. The van der Waals surface area contributed by atoms with E-state index < -0.39 is 0 Å². The zero-order valence-corrected chi connectivity index (χ0v) is 8.29. The largest absolute Gasteiger partial charge is 0.369 e. The Morgan fingerprint density at radius 2 is 2.14 bits per heavy atom. The van der Waals surface area contributed by atoms with Crippen molar-refractivity contribution in [2.45, 2.75) is 12.8 Å². The van der Waals surface area contributed by atoms with Gasteiger partial charge >= 0.3 is 0 Å². The molecule has 3 nitrogen and oxygen atoms in total. The summed E-state index contributed by atoms with van der Waals surface area (Å²) in [7, 11) is 0. The molecule has 0 unspecified atom stereocenters. The minimum Gasteiger partial charge on any atom is -0.369 e. The number of nitrogens with one attached hydrogen (secondary N) is 1. The number of piperazine rings is 1. The first-order valence-electron chi connectivity index (χ1n) is 5.16. The molecule has 0 amide bonds. The van der Waals surface area contributed by atoms with Crippen LogP contribution in [0.5, 0.6) is 0 Å². The van der Waals surface area contributed by atoms with E-state index in [-0.39, 0.29) is 0 Å². The van der Waals surface area contributed by atoms with Gasteiger partial charge in [0.15, 0.2) is 0 Å². The molecule has 0 radical (unpaired) electrons. The average molecular weight is 189 g/mol. The Hall–Kier alpha value is -1.27. The Morgan fingerprint density at radius 1 is 1.36 bits per heavy atom. The number of nitrogens with zero attached hydrogens (tertiary/aromatic N) is 2. The van der Waals surface area contributed by atoms with Crippen LogP contribution in [0.3, 0.4) is 0 Å². The van der Waals surface area contributed by atoms with Crippen molar-refractivity contribution >= 4 is 0 Å². The lowest BCUT2D eigenvalue weighted by Crippen LogP contribution is -2.42. The second kappa shape index (κ2) is 4.30. The normalized spacial score (nSPS) is 22.4. The second-order valence-corrected chi connectivity index (χ2v) is 3.69. The summed E-state index contributed by atoms with van der Waals surface area (Å²) in [5, 5.41) is 12.2. The van der Waals surface area contributed by atoms with Crippen molar-refractivity contribution in [3.63, 3.8) is 0 Å². The number of hydrogen-bond donors (Lipinski definition) is 1. The van der Waals surface area contributed by atoms with E-state index >= 15 is 0 Å². The van der Waals surface area contributed by atoms with Crippen molar-refractivity contribution in [3.8, 4) is 6.07 Å². The summed E-state index contributed by atoms with van der Waals surface area (Å²) in [4.78, 5) is 2.35. The van der Waals surface area contributed by atoms with Gasteiger partial charge in [0.1, 0.15) is 0 Å². The second-order valence-electron chi connectivity index (χ2n) is 3.69. The highest BCUT2D eigenvalue weighted by atomic mass is 15.2. The van der Waals surface area contributed by atoms with Gasteiger partial charge in [-0.15, -0.1) is 0 Å². The highest BCUT2D eigenvalue weighted by Crippen LogP contribution is 2.19. The van der Waals surface area contributed by atoms with Crippen molar-refractivity contribution in [2.24, 2.45) is 0 Å². The zero-order valence-electron chi connectivity index (χ0n) is 8.29. The van der Waals surface area contributed by atoms with E-state index in [1.165, 1.54) is 5.70 Å². The molecule has 0 aromatic carbocycles. The maximum atomic E-state index is 8.83. The van der Waals surface area contributed by atoms with Crippen LogP contribution in [-0.2, 0) is 0 Å². The van der Waals surface area contributed by atoms with Crippen LogP contribution in [0, 0.1) is 11.3 Å². The predicted molar refractivity (Wildman–Crippen MR) is 55.5 cm³/mol. The number of rotatable bonds is 1. The predicted octanol–water partition coefficient (Wildman–Crippen LogP) is 1.02. The Bertz CT molecular complexity index is 303. The van der Waals surface area contributed by atoms with Gasteiger partial charge in [0.05, 0.1) is 6.07 Å². The summed E-state index contributed by atoms with van der Waals surface area (Å²) in [5.41, 5.74) is 2.16. The zero-order chi connectivity index (χ0) is 9.80. The fourth-order valence-corrected chi connectivity index (χ4v) is 1.92. The fraction of sp³-hybridized carbons (Fsp3) is 0.545. The minimum atomic E-state index is 0.909. The fourth-order valence-electron chi connectivity index (χ4n) is 1.92. The molecule has 0 bridgehead atoms. The molecule has 1 saturated heterocycles. The third kappa shape index (κ3) is 1.97. The highest BCUT2D eigenvalue weighted by Gasteiger charge is 2.14. The first-order chi connectivity index (χ1) is 6.90. The quantitative estimate of drug-likeness (QED) is 0.669. The lowest BCUT2D eigenvalue weighted by atomic mass is 10.0. The molecular formula is C11H15N3. The standard InChI is InChI=1S/C11H15N3/c12-9-10-2-1-3-11(8-10)14-6-4-13-5-7-14/h3,8,13H,1-2,4-7H2. The molecule has 1 aliphatic heterocycles. The van der Waals surface area contributed by atoms with Crippen molar-refractivity contribution in [1.82, 2.24) is 10.2 Å². The van der Waals surface area contributed by atoms with Crippen LogP contribution in [0.4, 0.5) is 0 Å². The molecule has 0 saturated carbocycles. The smallest absolute Gasteiger partial charge is 0.0947 e. The third-order valence-corrected chi connectivity index (χ3v) is 2.72. The van der Waals surface area contributed by atoms with Crippen LogP contribution in [0.25, 0.3) is 0 Å². The van der Waals surface area contributed by atoms with E-state index in [0.717, 1.165) is 44.6 Å². The van der Waals surface area contributed by atoms with Crippen LogP contribution in [0.1, 0.15) is 12.8 Å². The van der Waals surface area contributed by atoms with Crippen molar-refractivity contribution in [1.29, 1.82) is 5.26 Å². The van der Waals surface area contributed by atoms with Gasteiger partial charge in [-0.25, -0.2) is 0 Å². The van der Waals surface area contributed by atoms with Crippen molar-refractivity contribution in [3.05, 3.63) is 23.4 Å². The van der Waals surface area contributed by atoms with E-state index in [1.54, 1.807) is 0 Å². The van der Waals surface area contributed by atoms with Gasteiger partial charge in [0.2, 0.25) is 0 Å². The molecule has 1 aliphatic carbocycles. The average Bonchev–Trinajstić information content (AvgIpc) is 2.30. The molecule has 1 N–H and O–H groups in total. The number of allylic oxidation sites excluding steroid dienone is 3. The molecule has 3 heteroatoms. The van der Waals surface area contributed by atoms with Gasteiger partial charge in [-0.1, -0.05) is 6.08 Å². The molecule has 1 heterocycles. The summed E-state index contributed by atoms with van der Waals surface area (Å²) in [6.45, 7) is 4.21. The van der Waals surface area contributed by atoms with Gasteiger partial charge in [0, 0.05) is 37.4 Å². The Labute approximate surface area is 84.7 Å². The topological polar surface area (TPSA) is 39.1 Å². The highest BCUT2D eigenvalue weighted by molar-refractivity contribution is 5.34. The van der Waals surface area contributed by atoms with Gasteiger partial charge in [-0.3, -0.25) is 0 Å². The Morgan fingerprint density at radius 3 is 2.86 bits per heavy atom. The van der Waals surface area contributed by atoms with E-state index in [4.69, 9.17) is 5.26 Å². The first kappa shape index (κ1) is 9.29. The first-order valence-corrected chi connectivity index (χ1v) is 5.16. The van der Waals surface area contributed by atoms with Gasteiger partial charge in [-0.2, -0.15) is 5.26 Å². The summed E-state index contributed by atoms with van der Waals surface area (Å²) in [6, 6.07) is 2.25. The van der Waals surface area contributed by atoms with Crippen LogP contribution < -0.4 is 5.32 Å². The summed E-state index contributed by atoms with van der Waals surface area (Å²) in [6.07, 6.45) is 6.20. The number of hydrogen-bond acceptors (Lipinski definition) is 3.